The smallest absolute Gasteiger partial charge is 0.408 e. The van der Waals surface area contributed by atoms with Gasteiger partial charge >= 0.3 is 6.09 Å². The number of hydrogen-bond acceptors (Lipinski definition) is 5. The highest BCUT2D eigenvalue weighted by molar-refractivity contribution is 5.85. The number of benzene rings is 2. The van der Waals surface area contributed by atoms with E-state index in [2.05, 4.69) is 5.32 Å². The number of ether oxygens (including phenoxy) is 3. The number of alkyl carbamates (subject to hydrolysis) is 1. The Hall–Kier alpha value is -3.22. The van der Waals surface area contributed by atoms with Crippen LogP contribution in [0.25, 0.3) is 0 Å². The van der Waals surface area contributed by atoms with Gasteiger partial charge in [0.2, 0.25) is 5.91 Å². The molecule has 2 aromatic carbocycles. The first-order chi connectivity index (χ1) is 13.4. The summed E-state index contributed by atoms with van der Waals surface area (Å²) in [4.78, 5) is 26.0. The van der Waals surface area contributed by atoms with Crippen molar-refractivity contribution in [3.8, 4) is 11.5 Å². The Morgan fingerprint density at radius 1 is 1.07 bits per heavy atom. The average molecular weight is 386 g/mol. The lowest BCUT2D eigenvalue weighted by molar-refractivity contribution is -0.132. The second kappa shape index (κ2) is 10.2. The van der Waals surface area contributed by atoms with E-state index in [1.807, 2.05) is 36.4 Å². The number of likely N-dealkylation sites (N-methyl/N-ethyl adjacent to an activating group) is 1. The summed E-state index contributed by atoms with van der Waals surface area (Å²) in [6.07, 6.45) is -0.639. The van der Waals surface area contributed by atoms with Gasteiger partial charge in [-0.05, 0) is 24.6 Å². The predicted octanol–water partition coefficient (Wildman–Crippen LogP) is 2.98. The zero-order valence-electron chi connectivity index (χ0n) is 16.6. The molecule has 0 aliphatic carbocycles. The fourth-order valence-corrected chi connectivity index (χ4v) is 2.65. The summed E-state index contributed by atoms with van der Waals surface area (Å²) in [6.45, 7) is 2.09. The van der Waals surface area contributed by atoms with Gasteiger partial charge in [0.05, 0.1) is 14.2 Å². The maximum Gasteiger partial charge on any atom is 0.408 e. The monoisotopic (exact) mass is 386 g/mol. The van der Waals surface area contributed by atoms with Crippen LogP contribution in [-0.4, -0.2) is 44.2 Å². The topological polar surface area (TPSA) is 77.1 Å². The second-order valence-electron chi connectivity index (χ2n) is 6.30. The van der Waals surface area contributed by atoms with E-state index in [1.54, 1.807) is 40.3 Å². The number of nitrogens with one attached hydrogen (secondary N) is 1. The minimum atomic E-state index is -0.725. The Morgan fingerprint density at radius 2 is 1.79 bits per heavy atom. The van der Waals surface area contributed by atoms with E-state index in [0.29, 0.717) is 18.0 Å². The van der Waals surface area contributed by atoms with Crippen molar-refractivity contribution < 1.29 is 23.8 Å². The van der Waals surface area contributed by atoms with Crippen LogP contribution in [0.2, 0.25) is 0 Å². The van der Waals surface area contributed by atoms with Gasteiger partial charge in [0.1, 0.15) is 24.1 Å². The van der Waals surface area contributed by atoms with Gasteiger partial charge in [-0.1, -0.05) is 30.3 Å². The molecular formula is C21H26N2O5. The number of methoxy groups -OCH3 is 2. The van der Waals surface area contributed by atoms with E-state index in [1.165, 1.54) is 4.90 Å². The number of nitrogens with zero attached hydrogens (tertiary/aromatic N) is 1. The van der Waals surface area contributed by atoms with E-state index in [4.69, 9.17) is 14.2 Å². The average Bonchev–Trinajstić information content (AvgIpc) is 2.72. The third kappa shape index (κ3) is 5.90. The minimum Gasteiger partial charge on any atom is -0.497 e. The normalized spacial score (nSPS) is 11.3. The summed E-state index contributed by atoms with van der Waals surface area (Å²) < 4.78 is 15.7. The second-order valence-corrected chi connectivity index (χ2v) is 6.30. The number of hydrogen-bond donors (Lipinski definition) is 1. The van der Waals surface area contributed by atoms with Crippen molar-refractivity contribution >= 4 is 12.0 Å². The van der Waals surface area contributed by atoms with E-state index < -0.39 is 12.1 Å². The number of carbonyl (C=O) groups is 2. The standard InChI is InChI=1S/C21H26N2O5/c1-15(22-21(25)28-14-16-8-6-5-7-9-16)20(24)23(2)13-17-10-11-18(26-3)12-19(17)27-4/h5-12,15H,13-14H2,1-4H3,(H,22,25)/t15-/m0/s1. The molecule has 2 rings (SSSR count). The summed E-state index contributed by atoms with van der Waals surface area (Å²) in [6, 6.07) is 14.0. The Morgan fingerprint density at radius 3 is 2.43 bits per heavy atom. The van der Waals surface area contributed by atoms with Crippen molar-refractivity contribution in [1.82, 2.24) is 10.2 Å². The molecule has 7 heteroatoms. The largest absolute Gasteiger partial charge is 0.497 e. The highest BCUT2D eigenvalue weighted by atomic mass is 16.5. The van der Waals surface area contributed by atoms with Crippen LogP contribution in [0.3, 0.4) is 0 Å². The highest BCUT2D eigenvalue weighted by Crippen LogP contribution is 2.25. The lowest BCUT2D eigenvalue weighted by Crippen LogP contribution is -2.45. The van der Waals surface area contributed by atoms with Crippen molar-refractivity contribution in [2.75, 3.05) is 21.3 Å². The number of carbonyl (C=O) groups excluding carboxylic acids is 2. The van der Waals surface area contributed by atoms with Crippen LogP contribution in [0, 0.1) is 0 Å². The maximum absolute atomic E-state index is 12.6. The quantitative estimate of drug-likeness (QED) is 0.755. The van der Waals surface area contributed by atoms with Gasteiger partial charge in [-0.3, -0.25) is 4.79 Å². The molecule has 0 aliphatic heterocycles. The van der Waals surface area contributed by atoms with Crippen LogP contribution in [0.1, 0.15) is 18.1 Å². The number of amides is 2. The Labute approximate surface area is 165 Å². The Kier molecular flexibility index (Phi) is 7.68. The van der Waals surface area contributed by atoms with E-state index >= 15 is 0 Å². The van der Waals surface area contributed by atoms with Crippen LogP contribution in [0.4, 0.5) is 4.79 Å². The molecule has 0 fully saturated rings. The first-order valence-electron chi connectivity index (χ1n) is 8.87. The fourth-order valence-electron chi connectivity index (χ4n) is 2.65. The van der Waals surface area contributed by atoms with Crippen molar-refractivity contribution in [2.45, 2.75) is 26.1 Å². The van der Waals surface area contributed by atoms with Gasteiger partial charge in [0, 0.05) is 25.2 Å². The van der Waals surface area contributed by atoms with E-state index in [0.717, 1.165) is 11.1 Å². The summed E-state index contributed by atoms with van der Waals surface area (Å²) in [5.74, 6) is 1.06. The molecular weight excluding hydrogens is 360 g/mol. The summed E-state index contributed by atoms with van der Waals surface area (Å²) >= 11 is 0. The molecule has 0 aliphatic rings. The van der Waals surface area contributed by atoms with Gasteiger partial charge in [0.25, 0.3) is 0 Å². The molecule has 2 aromatic rings. The fraction of sp³-hybridized carbons (Fsp3) is 0.333. The van der Waals surface area contributed by atoms with Gasteiger partial charge < -0.3 is 24.4 Å². The molecule has 150 valence electrons. The SMILES string of the molecule is COc1ccc(CN(C)C(=O)[C@H](C)NC(=O)OCc2ccccc2)c(OC)c1. The van der Waals surface area contributed by atoms with E-state index in [-0.39, 0.29) is 12.5 Å². The van der Waals surface area contributed by atoms with E-state index in [9.17, 15) is 9.59 Å². The minimum absolute atomic E-state index is 0.145. The Balaban J connectivity index is 1.88. The highest BCUT2D eigenvalue weighted by Gasteiger charge is 2.21. The van der Waals surface area contributed by atoms with Crippen LogP contribution >= 0.6 is 0 Å². The van der Waals surface area contributed by atoms with Crippen LogP contribution < -0.4 is 14.8 Å². The van der Waals surface area contributed by atoms with Gasteiger partial charge in [0.15, 0.2) is 0 Å². The molecule has 0 radical (unpaired) electrons. The van der Waals surface area contributed by atoms with Gasteiger partial charge in [-0.15, -0.1) is 0 Å². The molecule has 2 amide bonds. The summed E-state index contributed by atoms with van der Waals surface area (Å²) in [7, 11) is 4.81. The third-order valence-corrected chi connectivity index (χ3v) is 4.20. The van der Waals surface area contributed by atoms with Crippen molar-refractivity contribution in [2.24, 2.45) is 0 Å². The zero-order valence-corrected chi connectivity index (χ0v) is 16.6. The molecule has 1 atom stereocenters. The first-order valence-corrected chi connectivity index (χ1v) is 8.87. The van der Waals surface area contributed by atoms with Crippen molar-refractivity contribution in [1.29, 1.82) is 0 Å². The molecule has 0 spiro atoms. The summed E-state index contributed by atoms with van der Waals surface area (Å²) in [5, 5.41) is 2.56. The molecule has 0 saturated carbocycles. The molecule has 0 bridgehead atoms. The van der Waals surface area contributed by atoms with Crippen molar-refractivity contribution in [3.63, 3.8) is 0 Å². The van der Waals surface area contributed by atoms with Crippen LogP contribution in [0.15, 0.2) is 48.5 Å². The summed E-state index contributed by atoms with van der Waals surface area (Å²) in [5.41, 5.74) is 1.71. The predicted molar refractivity (Wildman–Crippen MR) is 105 cm³/mol. The molecule has 28 heavy (non-hydrogen) atoms. The van der Waals surface area contributed by atoms with Gasteiger partial charge in [-0.25, -0.2) is 4.79 Å². The Bertz CT molecular complexity index is 795. The third-order valence-electron chi connectivity index (χ3n) is 4.20. The lowest BCUT2D eigenvalue weighted by Gasteiger charge is -2.23. The molecule has 0 aromatic heterocycles. The molecule has 0 unspecified atom stereocenters. The molecule has 1 N–H and O–H groups in total. The maximum atomic E-state index is 12.6. The van der Waals surface area contributed by atoms with Gasteiger partial charge in [-0.2, -0.15) is 0 Å². The molecule has 0 saturated heterocycles. The molecule has 0 heterocycles. The van der Waals surface area contributed by atoms with Crippen LogP contribution in [-0.2, 0) is 22.7 Å². The van der Waals surface area contributed by atoms with Crippen molar-refractivity contribution in [3.05, 3.63) is 59.7 Å². The first kappa shape index (κ1) is 21.1. The lowest BCUT2D eigenvalue weighted by atomic mass is 10.1. The zero-order chi connectivity index (χ0) is 20.5. The van der Waals surface area contributed by atoms with Crippen LogP contribution in [0.5, 0.6) is 11.5 Å². The number of rotatable bonds is 8. The molecule has 7 nitrogen and oxygen atoms in total.